The standard InChI is InChI=1S/C8H14N4S/c1-3-4-6(2)12-5-10-8(11-12)7(9)13/h5-6H,3-4H2,1-2H3,(H2,9,13). The van der Waals surface area contributed by atoms with E-state index in [0.717, 1.165) is 12.8 Å². The Balaban J connectivity index is 2.73. The summed E-state index contributed by atoms with van der Waals surface area (Å²) in [5.74, 6) is 0.456. The number of nitrogens with zero attached hydrogens (tertiary/aromatic N) is 3. The third-order valence-corrected chi connectivity index (χ3v) is 2.07. The van der Waals surface area contributed by atoms with Crippen molar-refractivity contribution in [1.29, 1.82) is 0 Å². The molecule has 1 rings (SSSR count). The Bertz CT molecular complexity index is 294. The first-order chi connectivity index (χ1) is 6.15. The lowest BCUT2D eigenvalue weighted by atomic mass is 10.2. The van der Waals surface area contributed by atoms with E-state index in [1.807, 2.05) is 0 Å². The van der Waals surface area contributed by atoms with Gasteiger partial charge in [0.15, 0.2) is 0 Å². The van der Waals surface area contributed by atoms with E-state index in [1.54, 1.807) is 11.0 Å². The quantitative estimate of drug-likeness (QED) is 0.740. The van der Waals surface area contributed by atoms with Gasteiger partial charge < -0.3 is 5.73 Å². The van der Waals surface area contributed by atoms with Crippen LogP contribution >= 0.6 is 12.2 Å². The molecule has 0 fully saturated rings. The molecular formula is C8H14N4S. The maximum Gasteiger partial charge on any atom is 0.208 e. The SMILES string of the molecule is CCCC(C)n1cnc(C(N)=S)n1. The molecule has 0 amide bonds. The Morgan fingerprint density at radius 3 is 2.92 bits per heavy atom. The van der Waals surface area contributed by atoms with Gasteiger partial charge in [-0.3, -0.25) is 0 Å². The minimum absolute atomic E-state index is 0.252. The fourth-order valence-electron chi connectivity index (χ4n) is 1.15. The second kappa shape index (κ2) is 4.32. The Hall–Kier alpha value is -0.970. The van der Waals surface area contributed by atoms with Gasteiger partial charge in [-0.1, -0.05) is 25.6 Å². The first-order valence-electron chi connectivity index (χ1n) is 4.36. The van der Waals surface area contributed by atoms with E-state index in [-0.39, 0.29) is 4.99 Å². The van der Waals surface area contributed by atoms with Crippen LogP contribution in [0.3, 0.4) is 0 Å². The molecule has 2 N–H and O–H groups in total. The molecule has 0 aliphatic rings. The summed E-state index contributed by atoms with van der Waals surface area (Å²) >= 11 is 4.77. The Morgan fingerprint density at radius 1 is 1.77 bits per heavy atom. The van der Waals surface area contributed by atoms with Crippen LogP contribution in [0.25, 0.3) is 0 Å². The summed E-state index contributed by atoms with van der Waals surface area (Å²) in [5.41, 5.74) is 5.39. The molecule has 0 spiro atoms. The van der Waals surface area contributed by atoms with Gasteiger partial charge in [-0.2, -0.15) is 0 Å². The van der Waals surface area contributed by atoms with E-state index in [2.05, 4.69) is 23.9 Å². The highest BCUT2D eigenvalue weighted by Gasteiger charge is 2.07. The van der Waals surface area contributed by atoms with Gasteiger partial charge in [0.1, 0.15) is 11.3 Å². The molecule has 1 aromatic heterocycles. The average molecular weight is 198 g/mol. The maximum absolute atomic E-state index is 5.39. The van der Waals surface area contributed by atoms with Crippen molar-refractivity contribution in [2.45, 2.75) is 32.7 Å². The van der Waals surface area contributed by atoms with Crippen molar-refractivity contribution in [2.24, 2.45) is 5.73 Å². The molecule has 1 atom stereocenters. The van der Waals surface area contributed by atoms with Gasteiger partial charge in [-0.25, -0.2) is 9.67 Å². The van der Waals surface area contributed by atoms with E-state index in [9.17, 15) is 0 Å². The van der Waals surface area contributed by atoms with Crippen LogP contribution in [0, 0.1) is 0 Å². The number of rotatable bonds is 4. The third kappa shape index (κ3) is 2.48. The minimum atomic E-state index is 0.252. The van der Waals surface area contributed by atoms with Crippen molar-refractivity contribution in [3.63, 3.8) is 0 Å². The maximum atomic E-state index is 5.39. The van der Waals surface area contributed by atoms with Gasteiger partial charge >= 0.3 is 0 Å². The Morgan fingerprint density at radius 2 is 2.46 bits per heavy atom. The molecule has 72 valence electrons. The molecule has 5 heteroatoms. The topological polar surface area (TPSA) is 56.7 Å². The van der Waals surface area contributed by atoms with Crippen molar-refractivity contribution >= 4 is 17.2 Å². The highest BCUT2D eigenvalue weighted by Crippen LogP contribution is 2.10. The zero-order valence-electron chi connectivity index (χ0n) is 7.90. The van der Waals surface area contributed by atoms with Gasteiger partial charge in [-0.15, -0.1) is 5.10 Å². The fraction of sp³-hybridized carbons (Fsp3) is 0.625. The molecule has 1 heterocycles. The molecule has 1 unspecified atom stereocenters. The van der Waals surface area contributed by atoms with Crippen LogP contribution in [-0.2, 0) is 0 Å². The first-order valence-corrected chi connectivity index (χ1v) is 4.77. The van der Waals surface area contributed by atoms with E-state index < -0.39 is 0 Å². The number of nitrogens with two attached hydrogens (primary N) is 1. The summed E-state index contributed by atoms with van der Waals surface area (Å²) in [5, 5.41) is 4.17. The third-order valence-electron chi connectivity index (χ3n) is 1.89. The first kappa shape index (κ1) is 10.1. The minimum Gasteiger partial charge on any atom is -0.387 e. The predicted octanol–water partition coefficient (Wildman–Crippen LogP) is 1.27. The van der Waals surface area contributed by atoms with Gasteiger partial charge in [0, 0.05) is 0 Å². The van der Waals surface area contributed by atoms with Crippen LogP contribution in [0.5, 0.6) is 0 Å². The molecule has 0 aromatic carbocycles. The Kier molecular flexibility index (Phi) is 3.36. The summed E-state index contributed by atoms with van der Waals surface area (Å²) in [7, 11) is 0. The molecule has 0 radical (unpaired) electrons. The molecule has 4 nitrogen and oxygen atoms in total. The van der Waals surface area contributed by atoms with Gasteiger partial charge in [0.25, 0.3) is 0 Å². The van der Waals surface area contributed by atoms with Crippen LogP contribution in [0.1, 0.15) is 38.6 Å². The van der Waals surface area contributed by atoms with Crippen LogP contribution in [0.15, 0.2) is 6.33 Å². The molecule has 13 heavy (non-hydrogen) atoms. The highest BCUT2D eigenvalue weighted by atomic mass is 32.1. The highest BCUT2D eigenvalue weighted by molar-refractivity contribution is 7.80. The molecule has 0 saturated heterocycles. The molecule has 0 saturated carbocycles. The number of aromatic nitrogens is 3. The van der Waals surface area contributed by atoms with Crippen molar-refractivity contribution in [1.82, 2.24) is 14.8 Å². The molecular weight excluding hydrogens is 184 g/mol. The normalized spacial score (nSPS) is 12.8. The van der Waals surface area contributed by atoms with Crippen LogP contribution < -0.4 is 5.73 Å². The largest absolute Gasteiger partial charge is 0.387 e. The van der Waals surface area contributed by atoms with Crippen molar-refractivity contribution in [3.8, 4) is 0 Å². The van der Waals surface area contributed by atoms with E-state index in [0.29, 0.717) is 11.9 Å². The molecule has 0 bridgehead atoms. The number of hydrogen-bond donors (Lipinski definition) is 1. The lowest BCUT2D eigenvalue weighted by Gasteiger charge is -2.08. The van der Waals surface area contributed by atoms with Gasteiger partial charge in [0.2, 0.25) is 5.82 Å². The summed E-state index contributed by atoms with van der Waals surface area (Å²) < 4.78 is 1.80. The lowest BCUT2D eigenvalue weighted by Crippen LogP contribution is -2.13. The fourth-order valence-corrected chi connectivity index (χ4v) is 1.24. The monoisotopic (exact) mass is 198 g/mol. The van der Waals surface area contributed by atoms with Crippen molar-refractivity contribution in [2.75, 3.05) is 0 Å². The van der Waals surface area contributed by atoms with Crippen LogP contribution in [0.4, 0.5) is 0 Å². The van der Waals surface area contributed by atoms with Crippen LogP contribution in [0.2, 0.25) is 0 Å². The number of thiocarbonyl (C=S) groups is 1. The number of hydrogen-bond acceptors (Lipinski definition) is 3. The van der Waals surface area contributed by atoms with E-state index >= 15 is 0 Å². The summed E-state index contributed by atoms with van der Waals surface area (Å²) in [6.45, 7) is 4.24. The smallest absolute Gasteiger partial charge is 0.208 e. The zero-order chi connectivity index (χ0) is 9.84. The van der Waals surface area contributed by atoms with Gasteiger partial charge in [-0.05, 0) is 13.3 Å². The summed E-state index contributed by atoms with van der Waals surface area (Å²) in [6, 6.07) is 0.362. The van der Waals surface area contributed by atoms with E-state index in [4.69, 9.17) is 18.0 Å². The Labute approximate surface area is 83.1 Å². The predicted molar refractivity (Wildman–Crippen MR) is 55.5 cm³/mol. The van der Waals surface area contributed by atoms with Gasteiger partial charge in [0.05, 0.1) is 6.04 Å². The average Bonchev–Trinajstić information content (AvgIpc) is 2.52. The second-order valence-corrected chi connectivity index (χ2v) is 3.49. The zero-order valence-corrected chi connectivity index (χ0v) is 8.71. The molecule has 0 aliphatic heterocycles. The van der Waals surface area contributed by atoms with Crippen molar-refractivity contribution < 1.29 is 0 Å². The van der Waals surface area contributed by atoms with E-state index in [1.165, 1.54) is 0 Å². The van der Waals surface area contributed by atoms with Crippen molar-refractivity contribution in [3.05, 3.63) is 12.2 Å². The summed E-state index contributed by atoms with van der Waals surface area (Å²) in [4.78, 5) is 4.26. The lowest BCUT2D eigenvalue weighted by molar-refractivity contribution is 0.453. The second-order valence-electron chi connectivity index (χ2n) is 3.05. The summed E-state index contributed by atoms with van der Waals surface area (Å²) in [6.07, 6.45) is 3.89. The van der Waals surface area contributed by atoms with Crippen LogP contribution in [-0.4, -0.2) is 19.8 Å². The molecule has 1 aromatic rings. The molecule has 0 aliphatic carbocycles.